The highest BCUT2D eigenvalue weighted by molar-refractivity contribution is 9.10. The molecule has 2 aromatic rings. The number of benzene rings is 1. The van der Waals surface area contributed by atoms with Gasteiger partial charge in [-0.25, -0.2) is 0 Å². The molecule has 20 heavy (non-hydrogen) atoms. The van der Waals surface area contributed by atoms with Gasteiger partial charge in [0.15, 0.2) is 0 Å². The van der Waals surface area contributed by atoms with E-state index in [2.05, 4.69) is 26.2 Å². The van der Waals surface area contributed by atoms with Crippen molar-refractivity contribution in [3.05, 3.63) is 49.9 Å². The number of hydrogen-bond acceptors (Lipinski definition) is 5. The van der Waals surface area contributed by atoms with Crippen LogP contribution in [0.5, 0.6) is 11.6 Å². The Hall–Kier alpha value is -1.86. The Kier molecular flexibility index (Phi) is 4.41. The molecule has 8 heteroatoms. The quantitative estimate of drug-likeness (QED) is 0.653. The number of rotatable bonds is 4. The summed E-state index contributed by atoms with van der Waals surface area (Å²) in [6.07, 6.45) is 0. The van der Waals surface area contributed by atoms with Crippen LogP contribution in [0.2, 0.25) is 5.02 Å². The Morgan fingerprint density at radius 3 is 2.75 bits per heavy atom. The molecular formula is C12H9BrClN3O3. The van der Waals surface area contributed by atoms with Gasteiger partial charge in [0.05, 0.1) is 9.95 Å². The highest BCUT2D eigenvalue weighted by Crippen LogP contribution is 2.35. The molecule has 1 N–H and O–H groups in total. The van der Waals surface area contributed by atoms with E-state index in [1.54, 1.807) is 25.2 Å². The molecule has 0 amide bonds. The van der Waals surface area contributed by atoms with Gasteiger partial charge in [0.1, 0.15) is 11.6 Å². The number of nitrogens with zero attached hydrogens (tertiary/aromatic N) is 2. The maximum absolute atomic E-state index is 11.0. The lowest BCUT2D eigenvalue weighted by Crippen LogP contribution is -1.99. The fourth-order valence-corrected chi connectivity index (χ4v) is 2.16. The topological polar surface area (TPSA) is 77.3 Å². The van der Waals surface area contributed by atoms with Crippen molar-refractivity contribution in [1.82, 2.24) is 4.98 Å². The van der Waals surface area contributed by atoms with E-state index in [1.165, 1.54) is 12.1 Å². The minimum Gasteiger partial charge on any atom is -0.432 e. The fraction of sp³-hybridized carbons (Fsp3) is 0.0833. The number of halogens is 2. The van der Waals surface area contributed by atoms with Gasteiger partial charge in [-0.15, -0.1) is 0 Å². The number of hydrogen-bond donors (Lipinski definition) is 1. The van der Waals surface area contributed by atoms with E-state index in [9.17, 15) is 10.1 Å². The second-order valence-electron chi connectivity index (χ2n) is 3.70. The van der Waals surface area contributed by atoms with Crippen molar-refractivity contribution in [3.63, 3.8) is 0 Å². The molecule has 1 aromatic carbocycles. The van der Waals surface area contributed by atoms with Crippen LogP contribution in [-0.2, 0) is 0 Å². The minimum absolute atomic E-state index is 0.119. The monoisotopic (exact) mass is 357 g/mol. The van der Waals surface area contributed by atoms with Gasteiger partial charge in [0.25, 0.3) is 0 Å². The first-order valence-corrected chi connectivity index (χ1v) is 6.64. The van der Waals surface area contributed by atoms with Crippen LogP contribution < -0.4 is 10.1 Å². The van der Waals surface area contributed by atoms with Gasteiger partial charge >= 0.3 is 11.6 Å². The molecule has 1 aromatic heterocycles. The van der Waals surface area contributed by atoms with Crippen molar-refractivity contribution in [2.45, 2.75) is 0 Å². The average molecular weight is 359 g/mol. The molecule has 0 radical (unpaired) electrons. The van der Waals surface area contributed by atoms with E-state index in [0.29, 0.717) is 16.6 Å². The van der Waals surface area contributed by atoms with Crippen LogP contribution >= 0.6 is 27.5 Å². The van der Waals surface area contributed by atoms with Crippen molar-refractivity contribution >= 4 is 39.0 Å². The van der Waals surface area contributed by atoms with Gasteiger partial charge in [-0.1, -0.05) is 27.5 Å². The molecule has 0 aliphatic rings. The number of nitro groups is 1. The molecule has 1 heterocycles. The van der Waals surface area contributed by atoms with Crippen molar-refractivity contribution < 1.29 is 9.66 Å². The summed E-state index contributed by atoms with van der Waals surface area (Å²) < 4.78 is 6.23. The fourth-order valence-electron chi connectivity index (χ4n) is 1.45. The molecule has 2 rings (SSSR count). The molecule has 6 nitrogen and oxygen atoms in total. The van der Waals surface area contributed by atoms with Gasteiger partial charge in [-0.2, -0.15) is 4.98 Å². The predicted octanol–water partition coefficient (Wildman–Crippen LogP) is 4.24. The summed E-state index contributed by atoms with van der Waals surface area (Å²) in [5.41, 5.74) is -0.233. The Morgan fingerprint density at radius 2 is 2.15 bits per heavy atom. The molecule has 0 atom stereocenters. The molecule has 0 saturated carbocycles. The van der Waals surface area contributed by atoms with Gasteiger partial charge < -0.3 is 10.1 Å². The first kappa shape index (κ1) is 14.5. The third-order valence-corrected chi connectivity index (χ3v) is 3.18. The van der Waals surface area contributed by atoms with Gasteiger partial charge in [-0.3, -0.25) is 10.1 Å². The van der Waals surface area contributed by atoms with E-state index in [4.69, 9.17) is 16.3 Å². The second kappa shape index (κ2) is 6.06. The lowest BCUT2D eigenvalue weighted by molar-refractivity contribution is -0.386. The van der Waals surface area contributed by atoms with Crippen molar-refractivity contribution in [1.29, 1.82) is 0 Å². The molecule has 0 saturated heterocycles. The standard InChI is InChI=1S/C12H9BrClN3O3/c1-15-11-5-3-9(17(18)19)12(16-11)20-10-4-2-7(13)6-8(10)14/h2-6H,1H3,(H,15,16). The van der Waals surface area contributed by atoms with Crippen LogP contribution in [-0.4, -0.2) is 17.0 Å². The summed E-state index contributed by atoms with van der Waals surface area (Å²) in [4.78, 5) is 14.4. The largest absolute Gasteiger partial charge is 0.432 e. The highest BCUT2D eigenvalue weighted by Gasteiger charge is 2.19. The third kappa shape index (κ3) is 3.17. The molecule has 0 spiro atoms. The Bertz CT molecular complexity index is 666. The zero-order valence-electron chi connectivity index (χ0n) is 10.3. The van der Waals surface area contributed by atoms with E-state index >= 15 is 0 Å². The van der Waals surface area contributed by atoms with Gasteiger partial charge in [0.2, 0.25) is 0 Å². The summed E-state index contributed by atoms with van der Waals surface area (Å²) in [7, 11) is 1.66. The van der Waals surface area contributed by atoms with Crippen LogP contribution in [0.25, 0.3) is 0 Å². The number of aromatic nitrogens is 1. The summed E-state index contributed by atoms with van der Waals surface area (Å²) in [6.45, 7) is 0. The number of ether oxygens (including phenoxy) is 1. The molecule has 0 aliphatic heterocycles. The van der Waals surface area contributed by atoms with E-state index < -0.39 is 4.92 Å². The summed E-state index contributed by atoms with van der Waals surface area (Å²) >= 11 is 9.29. The van der Waals surface area contributed by atoms with Crippen LogP contribution in [0.1, 0.15) is 0 Å². The number of pyridine rings is 1. The summed E-state index contributed by atoms with van der Waals surface area (Å²) in [5.74, 6) is 0.628. The Balaban J connectivity index is 2.43. The highest BCUT2D eigenvalue weighted by atomic mass is 79.9. The molecule has 0 fully saturated rings. The molecule has 0 aliphatic carbocycles. The van der Waals surface area contributed by atoms with Crippen molar-refractivity contribution in [3.8, 4) is 11.6 Å². The minimum atomic E-state index is -0.561. The van der Waals surface area contributed by atoms with E-state index in [-0.39, 0.29) is 11.6 Å². The normalized spacial score (nSPS) is 10.2. The average Bonchev–Trinajstić information content (AvgIpc) is 2.41. The molecular weight excluding hydrogens is 350 g/mol. The SMILES string of the molecule is CNc1ccc([N+](=O)[O-])c(Oc2ccc(Br)cc2Cl)n1. The Labute approximate surface area is 128 Å². The van der Waals surface area contributed by atoms with Crippen molar-refractivity contribution in [2.75, 3.05) is 12.4 Å². The molecule has 0 bridgehead atoms. The van der Waals surface area contributed by atoms with Crippen LogP contribution in [0.3, 0.4) is 0 Å². The first-order valence-electron chi connectivity index (χ1n) is 5.47. The predicted molar refractivity (Wildman–Crippen MR) is 79.7 cm³/mol. The third-order valence-electron chi connectivity index (χ3n) is 2.39. The van der Waals surface area contributed by atoms with E-state index in [0.717, 1.165) is 4.47 Å². The lowest BCUT2D eigenvalue weighted by atomic mass is 10.3. The second-order valence-corrected chi connectivity index (χ2v) is 5.03. The van der Waals surface area contributed by atoms with Crippen molar-refractivity contribution in [2.24, 2.45) is 0 Å². The maximum atomic E-state index is 11.0. The Morgan fingerprint density at radius 1 is 1.40 bits per heavy atom. The molecule has 0 unspecified atom stereocenters. The number of nitrogens with one attached hydrogen (secondary N) is 1. The summed E-state index contributed by atoms with van der Waals surface area (Å²) in [6, 6.07) is 7.76. The van der Waals surface area contributed by atoms with Gasteiger partial charge in [-0.05, 0) is 24.3 Å². The lowest BCUT2D eigenvalue weighted by Gasteiger charge is -2.08. The van der Waals surface area contributed by atoms with E-state index in [1.807, 2.05) is 0 Å². The maximum Gasteiger partial charge on any atom is 0.331 e. The zero-order chi connectivity index (χ0) is 14.7. The zero-order valence-corrected chi connectivity index (χ0v) is 12.6. The molecule has 104 valence electrons. The smallest absolute Gasteiger partial charge is 0.331 e. The first-order chi connectivity index (χ1) is 9.51. The number of anilines is 1. The summed E-state index contributed by atoms with van der Waals surface area (Å²) in [5, 5.41) is 14.1. The van der Waals surface area contributed by atoms with Crippen LogP contribution in [0, 0.1) is 10.1 Å². The van der Waals surface area contributed by atoms with Gasteiger partial charge in [0, 0.05) is 17.6 Å². The van der Waals surface area contributed by atoms with Crippen LogP contribution in [0.15, 0.2) is 34.8 Å². The van der Waals surface area contributed by atoms with Crippen LogP contribution in [0.4, 0.5) is 11.5 Å².